The van der Waals surface area contributed by atoms with E-state index in [-0.39, 0.29) is 0 Å². The maximum absolute atomic E-state index is 6.08. The predicted octanol–water partition coefficient (Wildman–Crippen LogP) is 6.82. The highest BCUT2D eigenvalue weighted by molar-refractivity contribution is 7.81. The van der Waals surface area contributed by atoms with Crippen LogP contribution in [0.1, 0.15) is 0 Å². The van der Waals surface area contributed by atoms with E-state index in [9.17, 15) is 0 Å². The number of anilines is 3. The van der Waals surface area contributed by atoms with Crippen LogP contribution in [0, 0.1) is 0 Å². The van der Waals surface area contributed by atoms with Crippen LogP contribution in [0.15, 0.2) is 125 Å². The second-order valence-electron chi connectivity index (χ2n) is 8.24. The van der Waals surface area contributed by atoms with Crippen molar-refractivity contribution >= 4 is 57.4 Å². The summed E-state index contributed by atoms with van der Waals surface area (Å²) in [6.45, 7) is 0. The Morgan fingerprint density at radius 2 is 0.943 bits per heavy atom. The first-order chi connectivity index (χ1) is 17.1. The van der Waals surface area contributed by atoms with Crippen LogP contribution in [0.5, 0.6) is 0 Å². The van der Waals surface area contributed by atoms with E-state index >= 15 is 0 Å². The van der Waals surface area contributed by atoms with Crippen LogP contribution in [0.4, 0.5) is 28.4 Å². The quantitative estimate of drug-likeness (QED) is 0.297. The largest absolute Gasteiger partial charge is 0.378 e. The molecule has 4 aromatic rings. The van der Waals surface area contributed by atoms with Gasteiger partial charge in [0.05, 0.1) is 17.1 Å². The zero-order valence-electron chi connectivity index (χ0n) is 19.6. The summed E-state index contributed by atoms with van der Waals surface area (Å²) in [6, 6.07) is 38.2. The third-order valence-corrected chi connectivity index (χ3v) is 5.99. The van der Waals surface area contributed by atoms with Gasteiger partial charge in [-0.05, 0) is 72.9 Å². The fraction of sp³-hybridized carbons (Fsp3) is 0.0690. The monoisotopic (exact) mass is 475 g/mol. The molecule has 0 aromatic heterocycles. The van der Waals surface area contributed by atoms with E-state index in [2.05, 4.69) is 29.2 Å². The van der Waals surface area contributed by atoms with E-state index in [1.165, 1.54) is 0 Å². The molecule has 1 fully saturated rings. The van der Waals surface area contributed by atoms with Gasteiger partial charge in [0, 0.05) is 25.5 Å². The van der Waals surface area contributed by atoms with Crippen LogP contribution in [0.25, 0.3) is 0 Å². The average Bonchev–Trinajstić information content (AvgIpc) is 3.16. The van der Waals surface area contributed by atoms with Gasteiger partial charge in [0.1, 0.15) is 0 Å². The average molecular weight is 476 g/mol. The third-order valence-electron chi connectivity index (χ3n) is 5.63. The first kappa shape index (κ1) is 22.5. The van der Waals surface area contributed by atoms with Gasteiger partial charge in [0.15, 0.2) is 16.8 Å². The van der Waals surface area contributed by atoms with Gasteiger partial charge in [0.2, 0.25) is 0 Å². The lowest BCUT2D eigenvalue weighted by Crippen LogP contribution is -2.33. The molecular weight excluding hydrogens is 450 g/mol. The normalized spacial score (nSPS) is 15.8. The highest BCUT2D eigenvalue weighted by atomic mass is 32.1. The van der Waals surface area contributed by atoms with E-state index in [4.69, 9.17) is 22.2 Å². The Labute approximate surface area is 211 Å². The molecule has 0 radical (unpaired) electrons. The molecule has 0 aliphatic carbocycles. The number of nitrogens with zero attached hydrogens (tertiary/aromatic N) is 5. The number of aliphatic imine (C=N–C) groups is 2. The van der Waals surface area contributed by atoms with Gasteiger partial charge in [0.25, 0.3) is 0 Å². The molecule has 0 atom stereocenters. The molecule has 35 heavy (non-hydrogen) atoms. The maximum atomic E-state index is 6.08. The Morgan fingerprint density at radius 1 is 0.543 bits per heavy atom. The predicted molar refractivity (Wildman–Crippen MR) is 152 cm³/mol. The Hall–Kier alpha value is -4.29. The van der Waals surface area contributed by atoms with Crippen molar-refractivity contribution in [2.75, 3.05) is 28.8 Å². The number of rotatable bonds is 5. The fourth-order valence-corrected chi connectivity index (χ4v) is 4.26. The minimum absolute atomic E-state index is 0.596. The van der Waals surface area contributed by atoms with Crippen molar-refractivity contribution in [2.45, 2.75) is 0 Å². The second-order valence-corrected chi connectivity index (χ2v) is 8.61. The van der Waals surface area contributed by atoms with Crippen molar-refractivity contribution in [2.24, 2.45) is 9.98 Å². The minimum Gasteiger partial charge on any atom is -0.378 e. The molecule has 0 N–H and O–H groups in total. The number of thiocarbonyl (C=S) groups is 1. The minimum atomic E-state index is 0.596. The highest BCUT2D eigenvalue weighted by Crippen LogP contribution is 2.32. The molecular formula is C29H25N5S. The van der Waals surface area contributed by atoms with Crippen molar-refractivity contribution in [1.82, 2.24) is 0 Å². The summed E-state index contributed by atoms with van der Waals surface area (Å²) in [5.41, 5.74) is 4.63. The second kappa shape index (κ2) is 9.91. The van der Waals surface area contributed by atoms with Gasteiger partial charge < -0.3 is 4.90 Å². The van der Waals surface area contributed by atoms with Crippen molar-refractivity contribution in [1.29, 1.82) is 0 Å². The fourth-order valence-electron chi connectivity index (χ4n) is 3.87. The molecule has 0 bridgehead atoms. The Morgan fingerprint density at radius 3 is 1.37 bits per heavy atom. The molecule has 172 valence electrons. The first-order valence-corrected chi connectivity index (χ1v) is 11.8. The molecule has 6 heteroatoms. The SMILES string of the molecule is CN(C)c1ccc(N2C(=S)N(c3ccccc3)C(=Nc3ccccc3)C2=Nc2ccccc2)cc1. The van der Waals surface area contributed by atoms with E-state index in [0.717, 1.165) is 28.4 Å². The van der Waals surface area contributed by atoms with Crippen molar-refractivity contribution in [3.8, 4) is 0 Å². The summed E-state index contributed by atoms with van der Waals surface area (Å²) in [4.78, 5) is 16.1. The van der Waals surface area contributed by atoms with Gasteiger partial charge in [-0.3, -0.25) is 9.80 Å². The molecule has 1 aliphatic rings. The highest BCUT2D eigenvalue weighted by Gasteiger charge is 2.40. The van der Waals surface area contributed by atoms with Crippen LogP contribution in [0.3, 0.4) is 0 Å². The summed E-state index contributed by atoms with van der Waals surface area (Å²) in [5.74, 6) is 1.35. The summed E-state index contributed by atoms with van der Waals surface area (Å²) in [6.07, 6.45) is 0. The van der Waals surface area contributed by atoms with Crippen LogP contribution in [0.2, 0.25) is 0 Å². The number of hydrogen-bond donors (Lipinski definition) is 0. The van der Waals surface area contributed by atoms with Crippen LogP contribution >= 0.6 is 12.2 Å². The molecule has 1 aliphatic heterocycles. The van der Waals surface area contributed by atoms with E-state index in [1.807, 2.05) is 115 Å². The summed E-state index contributed by atoms with van der Waals surface area (Å²) in [5, 5.41) is 0.596. The standard InChI is InChI=1S/C29H25N5S/c1-32(2)24-18-20-26(21-19-24)34-28(31-23-14-8-4-9-15-23)27(30-22-12-6-3-7-13-22)33(29(34)35)25-16-10-5-11-17-25/h3-21H,1-2H3. The Kier molecular flexibility index (Phi) is 6.37. The maximum Gasteiger partial charge on any atom is 0.192 e. The van der Waals surface area contributed by atoms with E-state index < -0.39 is 0 Å². The van der Waals surface area contributed by atoms with Crippen molar-refractivity contribution in [3.05, 3.63) is 115 Å². The third kappa shape index (κ3) is 4.69. The first-order valence-electron chi connectivity index (χ1n) is 11.4. The van der Waals surface area contributed by atoms with Crippen LogP contribution < -0.4 is 14.7 Å². The smallest absolute Gasteiger partial charge is 0.192 e. The Bertz CT molecular complexity index is 1370. The molecule has 0 unspecified atom stereocenters. The van der Waals surface area contributed by atoms with Crippen molar-refractivity contribution < 1.29 is 0 Å². The van der Waals surface area contributed by atoms with E-state index in [1.54, 1.807) is 0 Å². The number of amidine groups is 2. The molecule has 4 aromatic carbocycles. The molecule has 1 heterocycles. The van der Waals surface area contributed by atoms with Gasteiger partial charge in [-0.2, -0.15) is 0 Å². The lowest BCUT2D eigenvalue weighted by Gasteiger charge is -2.21. The number of benzene rings is 4. The summed E-state index contributed by atoms with van der Waals surface area (Å²) >= 11 is 6.08. The van der Waals surface area contributed by atoms with Gasteiger partial charge in [-0.25, -0.2) is 9.98 Å². The molecule has 5 rings (SSSR count). The zero-order valence-corrected chi connectivity index (χ0v) is 20.4. The topological polar surface area (TPSA) is 34.4 Å². The van der Waals surface area contributed by atoms with E-state index in [0.29, 0.717) is 16.8 Å². The van der Waals surface area contributed by atoms with Gasteiger partial charge in [-0.15, -0.1) is 0 Å². The number of para-hydroxylation sites is 3. The zero-order chi connectivity index (χ0) is 24.2. The molecule has 5 nitrogen and oxygen atoms in total. The molecule has 1 saturated heterocycles. The number of hydrogen-bond acceptors (Lipinski definition) is 4. The Balaban J connectivity index is 1.73. The summed E-state index contributed by atoms with van der Waals surface area (Å²) < 4.78 is 0. The van der Waals surface area contributed by atoms with Gasteiger partial charge >= 0.3 is 0 Å². The lowest BCUT2D eigenvalue weighted by atomic mass is 10.2. The molecule has 0 saturated carbocycles. The van der Waals surface area contributed by atoms with Gasteiger partial charge in [-0.1, -0.05) is 54.6 Å². The van der Waals surface area contributed by atoms with Crippen LogP contribution in [-0.2, 0) is 0 Å². The molecule has 0 spiro atoms. The van der Waals surface area contributed by atoms with Crippen LogP contribution in [-0.4, -0.2) is 30.9 Å². The van der Waals surface area contributed by atoms with Crippen molar-refractivity contribution in [3.63, 3.8) is 0 Å². The lowest BCUT2D eigenvalue weighted by molar-refractivity contribution is 1.13. The summed E-state index contributed by atoms with van der Waals surface area (Å²) in [7, 11) is 4.05. The molecule has 0 amide bonds.